The van der Waals surface area contributed by atoms with Gasteiger partial charge in [-0.3, -0.25) is 9.59 Å². The topological polar surface area (TPSA) is 113 Å². The first-order chi connectivity index (χ1) is 8.87. The highest BCUT2D eigenvalue weighted by Crippen LogP contribution is 2.13. The van der Waals surface area contributed by atoms with E-state index in [0.717, 1.165) is 23.0 Å². The zero-order chi connectivity index (χ0) is 14.5. The van der Waals surface area contributed by atoms with Crippen LogP contribution in [-0.2, 0) is 14.8 Å². The van der Waals surface area contributed by atoms with E-state index in [-0.39, 0.29) is 18.0 Å². The van der Waals surface area contributed by atoms with Crippen molar-refractivity contribution in [1.29, 1.82) is 0 Å². The predicted molar refractivity (Wildman–Crippen MR) is 69.9 cm³/mol. The summed E-state index contributed by atoms with van der Waals surface area (Å²) < 4.78 is 25.6. The van der Waals surface area contributed by atoms with E-state index in [1.807, 2.05) is 6.92 Å². The lowest BCUT2D eigenvalue weighted by atomic mass is 10.3. The van der Waals surface area contributed by atoms with Gasteiger partial charge in [-0.1, -0.05) is 13.3 Å². The molecule has 1 rings (SSSR count). The summed E-state index contributed by atoms with van der Waals surface area (Å²) in [4.78, 5) is 24.1. The molecule has 0 spiro atoms. The number of aromatic nitrogens is 1. The average Bonchev–Trinajstić information content (AvgIpc) is 2.34. The lowest BCUT2D eigenvalue weighted by Crippen LogP contribution is -2.39. The second-order valence-corrected chi connectivity index (χ2v) is 5.99. The number of carbonyl (C=O) groups is 1. The van der Waals surface area contributed by atoms with Crippen molar-refractivity contribution in [3.8, 4) is 0 Å². The van der Waals surface area contributed by atoms with Gasteiger partial charge in [0.25, 0.3) is 0 Å². The van der Waals surface area contributed by atoms with E-state index in [0.29, 0.717) is 6.42 Å². The molecule has 0 radical (unpaired) electrons. The molecule has 0 fully saturated rings. The van der Waals surface area contributed by atoms with Crippen molar-refractivity contribution in [3.05, 3.63) is 28.7 Å². The minimum Gasteiger partial charge on any atom is -0.369 e. The second-order valence-electron chi connectivity index (χ2n) is 4.05. The summed E-state index contributed by atoms with van der Waals surface area (Å²) in [5, 5.41) is 0. The first-order valence-electron chi connectivity index (χ1n) is 5.85. The molecule has 0 saturated heterocycles. The molecule has 106 valence electrons. The molecule has 7 nitrogen and oxygen atoms in total. The fraction of sp³-hybridized carbons (Fsp3) is 0.455. The number of rotatable bonds is 7. The van der Waals surface area contributed by atoms with Crippen molar-refractivity contribution in [1.82, 2.24) is 9.29 Å². The Morgan fingerprint density at radius 2 is 2.11 bits per heavy atom. The number of hydrogen-bond acceptors (Lipinski definition) is 4. The zero-order valence-electron chi connectivity index (χ0n) is 10.6. The number of hydrogen-bond donors (Lipinski definition) is 2. The number of primary amides is 1. The van der Waals surface area contributed by atoms with Crippen molar-refractivity contribution in [2.45, 2.75) is 24.7 Å². The molecule has 0 bridgehead atoms. The monoisotopic (exact) mass is 287 g/mol. The number of unbranched alkanes of at least 4 members (excludes halogenated alkanes) is 1. The van der Waals surface area contributed by atoms with E-state index in [9.17, 15) is 18.0 Å². The number of H-pyrrole nitrogens is 1. The van der Waals surface area contributed by atoms with Crippen LogP contribution in [0.25, 0.3) is 0 Å². The van der Waals surface area contributed by atoms with Crippen LogP contribution in [0.5, 0.6) is 0 Å². The van der Waals surface area contributed by atoms with E-state index >= 15 is 0 Å². The lowest BCUT2D eigenvalue weighted by molar-refractivity contribution is -0.118. The maximum atomic E-state index is 12.3. The van der Waals surface area contributed by atoms with Crippen molar-refractivity contribution >= 4 is 15.9 Å². The average molecular weight is 287 g/mol. The summed E-state index contributed by atoms with van der Waals surface area (Å²) in [6.07, 6.45) is 2.52. The first-order valence-corrected chi connectivity index (χ1v) is 7.29. The van der Waals surface area contributed by atoms with Crippen molar-refractivity contribution in [3.63, 3.8) is 0 Å². The quantitative estimate of drug-likeness (QED) is 0.713. The van der Waals surface area contributed by atoms with Gasteiger partial charge in [0.2, 0.25) is 21.5 Å². The van der Waals surface area contributed by atoms with E-state index in [2.05, 4.69) is 4.98 Å². The largest absolute Gasteiger partial charge is 0.369 e. The van der Waals surface area contributed by atoms with Crippen molar-refractivity contribution in [2.75, 3.05) is 13.1 Å². The van der Waals surface area contributed by atoms with Crippen LogP contribution >= 0.6 is 0 Å². The van der Waals surface area contributed by atoms with Gasteiger partial charge in [-0.25, -0.2) is 8.42 Å². The zero-order valence-corrected chi connectivity index (χ0v) is 11.4. The molecule has 0 aliphatic heterocycles. The summed E-state index contributed by atoms with van der Waals surface area (Å²) in [7, 11) is -3.82. The predicted octanol–water partition coefficient (Wildman–Crippen LogP) is -0.349. The van der Waals surface area contributed by atoms with Gasteiger partial charge in [-0.05, 0) is 12.5 Å². The number of amides is 1. The molecule has 0 unspecified atom stereocenters. The number of pyridine rings is 1. The van der Waals surface area contributed by atoms with Gasteiger partial charge in [0, 0.05) is 18.8 Å². The highest BCUT2D eigenvalue weighted by Gasteiger charge is 2.25. The molecule has 19 heavy (non-hydrogen) atoms. The maximum Gasteiger partial charge on any atom is 0.247 e. The second kappa shape index (κ2) is 6.48. The Morgan fingerprint density at radius 1 is 1.42 bits per heavy atom. The third kappa shape index (κ3) is 4.18. The lowest BCUT2D eigenvalue weighted by Gasteiger charge is -2.20. The minimum atomic E-state index is -3.82. The Hall–Kier alpha value is -1.67. The molecule has 1 aromatic heterocycles. The maximum absolute atomic E-state index is 12.3. The van der Waals surface area contributed by atoms with Gasteiger partial charge in [-0.15, -0.1) is 0 Å². The Kier molecular flexibility index (Phi) is 5.25. The molecular weight excluding hydrogens is 270 g/mol. The fourth-order valence-electron chi connectivity index (χ4n) is 1.50. The van der Waals surface area contributed by atoms with Crippen LogP contribution in [0.1, 0.15) is 19.8 Å². The van der Waals surface area contributed by atoms with Gasteiger partial charge in [-0.2, -0.15) is 4.31 Å². The molecule has 1 amide bonds. The van der Waals surface area contributed by atoms with Crippen LogP contribution < -0.4 is 11.3 Å². The van der Waals surface area contributed by atoms with Crippen LogP contribution in [0.15, 0.2) is 28.0 Å². The molecule has 1 heterocycles. The Morgan fingerprint density at radius 3 is 2.58 bits per heavy atom. The van der Waals surface area contributed by atoms with Gasteiger partial charge in [0.15, 0.2) is 0 Å². The summed E-state index contributed by atoms with van der Waals surface area (Å²) >= 11 is 0. The van der Waals surface area contributed by atoms with Gasteiger partial charge < -0.3 is 10.7 Å². The summed E-state index contributed by atoms with van der Waals surface area (Å²) in [6.45, 7) is 1.75. The van der Waals surface area contributed by atoms with Crippen molar-refractivity contribution in [2.24, 2.45) is 5.73 Å². The van der Waals surface area contributed by atoms with Crippen LogP contribution in [0.2, 0.25) is 0 Å². The highest BCUT2D eigenvalue weighted by atomic mass is 32.2. The smallest absolute Gasteiger partial charge is 0.247 e. The van der Waals surface area contributed by atoms with E-state index in [1.165, 1.54) is 6.07 Å². The summed E-state index contributed by atoms with van der Waals surface area (Å²) in [5.74, 6) is -0.718. The van der Waals surface area contributed by atoms with Gasteiger partial charge in [0.1, 0.15) is 0 Å². The molecule has 0 saturated carbocycles. The fourth-order valence-corrected chi connectivity index (χ4v) is 2.91. The van der Waals surface area contributed by atoms with E-state index < -0.39 is 21.5 Å². The van der Waals surface area contributed by atoms with Gasteiger partial charge in [0.05, 0.1) is 11.4 Å². The molecule has 0 aromatic carbocycles. The van der Waals surface area contributed by atoms with Crippen LogP contribution in [0, 0.1) is 0 Å². The number of aromatic amines is 1. The molecule has 1 aromatic rings. The first kappa shape index (κ1) is 15.4. The standard InChI is InChI=1S/C11H17N3O4S/c1-2-3-6-14(8-10(12)15)19(17,18)9-4-5-11(16)13-7-9/h4-5,7H,2-3,6,8H2,1H3,(H2,12,15)(H,13,16). The highest BCUT2D eigenvalue weighted by molar-refractivity contribution is 7.89. The molecular formula is C11H17N3O4S. The Balaban J connectivity index is 3.07. The molecule has 0 atom stereocenters. The number of nitrogens with one attached hydrogen (secondary N) is 1. The SMILES string of the molecule is CCCCN(CC(N)=O)S(=O)(=O)c1ccc(=O)[nH]c1. The molecule has 8 heteroatoms. The Labute approximate surface area is 111 Å². The number of nitrogens with two attached hydrogens (primary N) is 1. The molecule has 0 aliphatic carbocycles. The minimum absolute atomic E-state index is 0.0653. The number of nitrogens with zero attached hydrogens (tertiary/aromatic N) is 1. The third-order valence-electron chi connectivity index (χ3n) is 2.49. The summed E-state index contributed by atoms with van der Waals surface area (Å²) in [6, 6.07) is 2.32. The van der Waals surface area contributed by atoms with Gasteiger partial charge >= 0.3 is 0 Å². The molecule has 3 N–H and O–H groups in total. The van der Waals surface area contributed by atoms with Crippen LogP contribution in [-0.4, -0.2) is 36.7 Å². The normalized spacial score (nSPS) is 11.7. The van der Waals surface area contributed by atoms with Crippen LogP contribution in [0.4, 0.5) is 0 Å². The van der Waals surface area contributed by atoms with Crippen molar-refractivity contribution < 1.29 is 13.2 Å². The van der Waals surface area contributed by atoms with Crippen LogP contribution in [0.3, 0.4) is 0 Å². The number of carbonyl (C=O) groups excluding carboxylic acids is 1. The summed E-state index contributed by atoms with van der Waals surface area (Å²) in [5.41, 5.74) is 4.67. The van der Waals surface area contributed by atoms with E-state index in [1.54, 1.807) is 0 Å². The Bertz CT molecular complexity index is 574. The third-order valence-corrected chi connectivity index (χ3v) is 4.33. The number of sulfonamides is 1. The van der Waals surface area contributed by atoms with E-state index in [4.69, 9.17) is 5.73 Å². The molecule has 0 aliphatic rings.